The standard InChI is InChI=1S/C23H21N3O4S/c1-29-20-14-13-18(15-21(20)30-2)25-31(27,28)22-16-26(19-11-7-4-8-12-19)24-23(22)17-9-5-3-6-10-17/h3-16,25H,1-2H3. The first-order chi connectivity index (χ1) is 15.0. The summed E-state index contributed by atoms with van der Waals surface area (Å²) in [4.78, 5) is 0.0670. The topological polar surface area (TPSA) is 82.5 Å². The number of rotatable bonds is 7. The molecule has 0 saturated carbocycles. The summed E-state index contributed by atoms with van der Waals surface area (Å²) in [5, 5.41) is 4.57. The van der Waals surface area contributed by atoms with Crippen LogP contribution in [0.2, 0.25) is 0 Å². The Balaban J connectivity index is 1.79. The minimum absolute atomic E-state index is 0.0670. The van der Waals surface area contributed by atoms with Gasteiger partial charge in [0.25, 0.3) is 10.0 Å². The van der Waals surface area contributed by atoms with Crippen molar-refractivity contribution in [3.05, 3.63) is 85.1 Å². The lowest BCUT2D eigenvalue weighted by Gasteiger charge is -2.12. The molecular formula is C23H21N3O4S. The average Bonchev–Trinajstić information content (AvgIpc) is 3.27. The number of hydrogen-bond donors (Lipinski definition) is 1. The number of para-hydroxylation sites is 1. The van der Waals surface area contributed by atoms with E-state index in [4.69, 9.17) is 9.47 Å². The van der Waals surface area contributed by atoms with Gasteiger partial charge >= 0.3 is 0 Å². The zero-order valence-corrected chi connectivity index (χ0v) is 17.8. The van der Waals surface area contributed by atoms with Crippen molar-refractivity contribution in [1.82, 2.24) is 9.78 Å². The molecule has 0 saturated heterocycles. The van der Waals surface area contributed by atoms with E-state index in [9.17, 15) is 8.42 Å². The molecule has 7 nitrogen and oxygen atoms in total. The summed E-state index contributed by atoms with van der Waals surface area (Å²) in [6.07, 6.45) is 1.51. The van der Waals surface area contributed by atoms with Crippen LogP contribution < -0.4 is 14.2 Å². The van der Waals surface area contributed by atoms with Gasteiger partial charge in [-0.3, -0.25) is 4.72 Å². The van der Waals surface area contributed by atoms with Gasteiger partial charge in [0.2, 0.25) is 0 Å². The fourth-order valence-corrected chi connectivity index (χ4v) is 4.37. The highest BCUT2D eigenvalue weighted by Crippen LogP contribution is 2.32. The number of benzene rings is 3. The molecule has 4 rings (SSSR count). The van der Waals surface area contributed by atoms with Gasteiger partial charge in [-0.15, -0.1) is 0 Å². The van der Waals surface area contributed by atoms with E-state index < -0.39 is 10.0 Å². The molecule has 0 aliphatic heterocycles. The Bertz CT molecular complexity index is 1290. The quantitative estimate of drug-likeness (QED) is 0.466. The van der Waals surface area contributed by atoms with E-state index in [1.54, 1.807) is 22.9 Å². The van der Waals surface area contributed by atoms with E-state index in [-0.39, 0.29) is 4.90 Å². The molecule has 0 radical (unpaired) electrons. The highest BCUT2D eigenvalue weighted by Gasteiger charge is 2.25. The third-order valence-electron chi connectivity index (χ3n) is 4.67. The zero-order valence-electron chi connectivity index (χ0n) is 17.0. The molecule has 4 aromatic rings. The molecule has 0 aliphatic rings. The molecule has 0 unspecified atom stereocenters. The predicted octanol–water partition coefficient (Wildman–Crippen LogP) is 4.36. The molecule has 0 fully saturated rings. The van der Waals surface area contributed by atoms with Gasteiger partial charge in [-0.25, -0.2) is 13.1 Å². The second-order valence-electron chi connectivity index (χ2n) is 6.66. The van der Waals surface area contributed by atoms with Crippen molar-refractivity contribution in [1.29, 1.82) is 0 Å². The highest BCUT2D eigenvalue weighted by atomic mass is 32.2. The van der Waals surface area contributed by atoms with Gasteiger partial charge in [0.05, 0.1) is 31.8 Å². The predicted molar refractivity (Wildman–Crippen MR) is 119 cm³/mol. The van der Waals surface area contributed by atoms with E-state index in [1.807, 2.05) is 60.7 Å². The van der Waals surface area contributed by atoms with Crippen LogP contribution in [0.4, 0.5) is 5.69 Å². The third-order valence-corrected chi connectivity index (χ3v) is 6.06. The number of anilines is 1. The van der Waals surface area contributed by atoms with Crippen LogP contribution in [0.1, 0.15) is 0 Å². The van der Waals surface area contributed by atoms with Crippen LogP contribution in [0, 0.1) is 0 Å². The molecule has 0 bridgehead atoms. The van der Waals surface area contributed by atoms with Gasteiger partial charge in [-0.2, -0.15) is 5.10 Å². The van der Waals surface area contributed by atoms with Crippen molar-refractivity contribution in [2.45, 2.75) is 4.90 Å². The Labute approximate surface area is 180 Å². The second kappa shape index (κ2) is 8.53. The minimum Gasteiger partial charge on any atom is -0.493 e. The van der Waals surface area contributed by atoms with E-state index in [1.165, 1.54) is 20.4 Å². The normalized spacial score (nSPS) is 11.2. The molecule has 1 aromatic heterocycles. The van der Waals surface area contributed by atoms with Gasteiger partial charge in [0.15, 0.2) is 11.5 Å². The number of nitrogens with one attached hydrogen (secondary N) is 1. The average molecular weight is 436 g/mol. The summed E-state index contributed by atoms with van der Waals surface area (Å²) in [7, 11) is -0.940. The highest BCUT2D eigenvalue weighted by molar-refractivity contribution is 7.92. The Morgan fingerprint density at radius 2 is 1.48 bits per heavy atom. The Kier molecular flexibility index (Phi) is 5.64. The number of hydrogen-bond acceptors (Lipinski definition) is 5. The number of methoxy groups -OCH3 is 2. The van der Waals surface area contributed by atoms with Crippen molar-refractivity contribution in [3.8, 4) is 28.4 Å². The molecule has 3 aromatic carbocycles. The van der Waals surface area contributed by atoms with Crippen LogP contribution in [0.25, 0.3) is 16.9 Å². The fraction of sp³-hybridized carbons (Fsp3) is 0.0870. The second-order valence-corrected chi connectivity index (χ2v) is 8.31. The maximum absolute atomic E-state index is 13.4. The number of aromatic nitrogens is 2. The van der Waals surface area contributed by atoms with Gasteiger partial charge in [0, 0.05) is 11.6 Å². The lowest BCUT2D eigenvalue weighted by molar-refractivity contribution is 0.355. The number of ether oxygens (including phenoxy) is 2. The van der Waals surface area contributed by atoms with Crippen LogP contribution in [0.3, 0.4) is 0 Å². The monoisotopic (exact) mass is 435 g/mol. The molecule has 31 heavy (non-hydrogen) atoms. The van der Waals surface area contributed by atoms with Crippen LogP contribution >= 0.6 is 0 Å². The van der Waals surface area contributed by atoms with Crippen molar-refractivity contribution < 1.29 is 17.9 Å². The van der Waals surface area contributed by atoms with Gasteiger partial charge < -0.3 is 9.47 Å². The molecule has 0 amide bonds. The Morgan fingerprint density at radius 1 is 0.839 bits per heavy atom. The summed E-state index contributed by atoms with van der Waals surface area (Å²) in [5.41, 5.74) is 2.17. The summed E-state index contributed by atoms with van der Waals surface area (Å²) in [6, 6.07) is 23.4. The van der Waals surface area contributed by atoms with Gasteiger partial charge in [-0.05, 0) is 24.3 Å². The van der Waals surface area contributed by atoms with Crippen LogP contribution in [-0.2, 0) is 10.0 Å². The van der Waals surface area contributed by atoms with Crippen molar-refractivity contribution in [2.75, 3.05) is 18.9 Å². The smallest absolute Gasteiger partial charge is 0.265 e. The van der Waals surface area contributed by atoms with Crippen molar-refractivity contribution in [3.63, 3.8) is 0 Å². The number of nitrogens with zero attached hydrogens (tertiary/aromatic N) is 2. The molecule has 8 heteroatoms. The van der Waals surface area contributed by atoms with Gasteiger partial charge in [0.1, 0.15) is 10.6 Å². The summed E-state index contributed by atoms with van der Waals surface area (Å²) in [6.45, 7) is 0. The minimum atomic E-state index is -3.95. The Hall–Kier alpha value is -3.78. The van der Waals surface area contributed by atoms with Crippen molar-refractivity contribution in [2.24, 2.45) is 0 Å². The van der Waals surface area contributed by atoms with Gasteiger partial charge in [-0.1, -0.05) is 48.5 Å². The molecular weight excluding hydrogens is 414 g/mol. The first-order valence-electron chi connectivity index (χ1n) is 9.47. The molecule has 1 heterocycles. The molecule has 0 atom stereocenters. The van der Waals surface area contributed by atoms with E-state index in [0.717, 1.165) is 5.69 Å². The maximum Gasteiger partial charge on any atom is 0.265 e. The van der Waals surface area contributed by atoms with Crippen LogP contribution in [-0.4, -0.2) is 32.4 Å². The molecule has 1 N–H and O–H groups in total. The molecule has 158 valence electrons. The van der Waals surface area contributed by atoms with Crippen LogP contribution in [0.15, 0.2) is 90.0 Å². The lowest BCUT2D eigenvalue weighted by atomic mass is 10.2. The summed E-state index contributed by atoms with van der Waals surface area (Å²) >= 11 is 0. The first-order valence-corrected chi connectivity index (χ1v) is 11.0. The summed E-state index contributed by atoms with van der Waals surface area (Å²) < 4.78 is 41.4. The Morgan fingerprint density at radius 3 is 2.13 bits per heavy atom. The van der Waals surface area contributed by atoms with E-state index in [2.05, 4.69) is 9.82 Å². The molecule has 0 aliphatic carbocycles. The number of sulfonamides is 1. The third kappa shape index (κ3) is 4.24. The largest absolute Gasteiger partial charge is 0.493 e. The lowest BCUT2D eigenvalue weighted by Crippen LogP contribution is -2.13. The molecule has 0 spiro atoms. The maximum atomic E-state index is 13.4. The van der Waals surface area contributed by atoms with Crippen molar-refractivity contribution >= 4 is 15.7 Å². The first kappa shape index (κ1) is 20.5. The fourth-order valence-electron chi connectivity index (χ4n) is 3.17. The van der Waals surface area contributed by atoms with E-state index in [0.29, 0.717) is 28.4 Å². The van der Waals surface area contributed by atoms with E-state index >= 15 is 0 Å². The SMILES string of the molecule is COc1ccc(NS(=O)(=O)c2cn(-c3ccccc3)nc2-c2ccccc2)cc1OC. The summed E-state index contributed by atoms with van der Waals surface area (Å²) in [5.74, 6) is 0.929. The zero-order chi connectivity index (χ0) is 21.8. The van der Waals surface area contributed by atoms with Crippen LogP contribution in [0.5, 0.6) is 11.5 Å².